The number of nitrogen functional groups attached to an aromatic ring is 1. The fraction of sp³-hybridized carbons (Fsp3) is 0.412. The zero-order valence-corrected chi connectivity index (χ0v) is 26.5. The van der Waals surface area contributed by atoms with E-state index in [1.807, 2.05) is 29.2 Å². The largest absolute Gasteiger partial charge is 0.480 e. The number of ether oxygens (including phenoxy) is 1. The molecule has 0 radical (unpaired) electrons. The fourth-order valence-electron chi connectivity index (χ4n) is 6.53. The molecule has 47 heavy (non-hydrogen) atoms. The first kappa shape index (κ1) is 32.3. The number of halogens is 3. The number of piperidine rings is 1. The van der Waals surface area contributed by atoms with E-state index in [9.17, 15) is 23.1 Å². The molecule has 2 fully saturated rings. The zero-order valence-electron chi connectivity index (χ0n) is 26.5. The number of carboxylic acids is 1. The fourth-order valence-corrected chi connectivity index (χ4v) is 6.53. The van der Waals surface area contributed by atoms with Crippen LogP contribution >= 0.6 is 0 Å². The van der Waals surface area contributed by atoms with E-state index in [-0.39, 0.29) is 34.4 Å². The number of aryl methyl sites for hydroxylation is 1. The maximum Gasteiger partial charge on any atom is 0.429 e. The minimum Gasteiger partial charge on any atom is -0.480 e. The van der Waals surface area contributed by atoms with Gasteiger partial charge >= 0.3 is 12.1 Å². The van der Waals surface area contributed by atoms with Gasteiger partial charge in [0.05, 0.1) is 11.4 Å². The van der Waals surface area contributed by atoms with E-state index < -0.39 is 24.3 Å². The molecule has 2 aromatic carbocycles. The Morgan fingerprint density at radius 1 is 1.09 bits per heavy atom. The highest BCUT2D eigenvalue weighted by molar-refractivity contribution is 5.74. The lowest BCUT2D eigenvalue weighted by Gasteiger charge is -2.39. The van der Waals surface area contributed by atoms with Crippen LogP contribution in [0.3, 0.4) is 0 Å². The smallest absolute Gasteiger partial charge is 0.429 e. The molecule has 2 aliphatic rings. The number of carbonyl (C=O) groups is 1. The third kappa shape index (κ3) is 6.90. The molecule has 2 aliphatic heterocycles. The summed E-state index contributed by atoms with van der Waals surface area (Å²) >= 11 is 0. The maximum atomic E-state index is 14.9. The Hall–Kier alpha value is -4.65. The van der Waals surface area contributed by atoms with E-state index in [1.54, 1.807) is 31.3 Å². The second-order valence-electron chi connectivity index (χ2n) is 12.9. The van der Waals surface area contributed by atoms with Crippen LogP contribution < -0.4 is 20.7 Å². The van der Waals surface area contributed by atoms with Crippen LogP contribution in [-0.4, -0.2) is 62.7 Å². The molecule has 2 saturated heterocycles. The monoisotopic (exact) mass is 649 g/mol. The summed E-state index contributed by atoms with van der Waals surface area (Å²) in [5, 5.41) is 16.9. The Morgan fingerprint density at radius 2 is 1.83 bits per heavy atom. The maximum absolute atomic E-state index is 14.9. The predicted molar refractivity (Wildman–Crippen MR) is 172 cm³/mol. The number of anilines is 2. The van der Waals surface area contributed by atoms with Crippen molar-refractivity contribution in [2.24, 2.45) is 5.41 Å². The average molecular weight is 650 g/mol. The molecule has 0 saturated carbocycles. The number of rotatable bonds is 8. The zero-order chi connectivity index (χ0) is 33.5. The van der Waals surface area contributed by atoms with Crippen molar-refractivity contribution in [1.29, 1.82) is 0 Å². The van der Waals surface area contributed by atoms with Crippen molar-refractivity contribution in [2.45, 2.75) is 64.3 Å². The van der Waals surface area contributed by atoms with Crippen LogP contribution in [0.1, 0.15) is 62.0 Å². The summed E-state index contributed by atoms with van der Waals surface area (Å²) in [6.07, 6.45) is -3.64. The van der Waals surface area contributed by atoms with Gasteiger partial charge in [0.2, 0.25) is 17.9 Å². The van der Waals surface area contributed by atoms with E-state index >= 15 is 0 Å². The molecule has 4 heterocycles. The van der Waals surface area contributed by atoms with E-state index in [2.05, 4.69) is 34.2 Å². The van der Waals surface area contributed by atoms with Crippen molar-refractivity contribution >= 4 is 17.7 Å². The number of carboxylic acid groups (broad SMARTS) is 1. The van der Waals surface area contributed by atoms with Gasteiger partial charge in [0, 0.05) is 37.5 Å². The Balaban J connectivity index is 1.31. The van der Waals surface area contributed by atoms with Gasteiger partial charge in [0.1, 0.15) is 11.9 Å². The highest BCUT2D eigenvalue weighted by atomic mass is 19.4. The molecular weight excluding hydrogens is 611 g/mol. The summed E-state index contributed by atoms with van der Waals surface area (Å²) in [7, 11) is 0. The lowest BCUT2D eigenvalue weighted by molar-refractivity contribution is -0.198. The normalized spacial score (nSPS) is 18.5. The molecule has 10 nitrogen and oxygen atoms in total. The lowest BCUT2D eigenvalue weighted by atomic mass is 9.76. The number of aliphatic carboxylic acids is 1. The Kier molecular flexibility index (Phi) is 8.60. The molecule has 0 amide bonds. The Bertz CT molecular complexity index is 1770. The van der Waals surface area contributed by atoms with Crippen molar-refractivity contribution in [2.75, 3.05) is 30.3 Å². The Morgan fingerprint density at radius 3 is 2.47 bits per heavy atom. The lowest BCUT2D eigenvalue weighted by Crippen LogP contribution is -2.41. The van der Waals surface area contributed by atoms with Crippen LogP contribution in [0.2, 0.25) is 0 Å². The van der Waals surface area contributed by atoms with Crippen LogP contribution in [-0.2, 0) is 4.79 Å². The summed E-state index contributed by atoms with van der Waals surface area (Å²) < 4.78 is 51.8. The van der Waals surface area contributed by atoms with Gasteiger partial charge in [-0.1, -0.05) is 50.2 Å². The van der Waals surface area contributed by atoms with Crippen molar-refractivity contribution in [3.63, 3.8) is 0 Å². The molecular formula is C34H38F3N7O3. The van der Waals surface area contributed by atoms with Crippen LogP contribution in [0, 0.1) is 12.3 Å². The molecule has 6 rings (SSSR count). The first-order valence-electron chi connectivity index (χ1n) is 15.7. The standard InChI is InChI=1S/C34H38F3N7O3/c1-20(2)22-5-4-6-23(15-22)24-7-8-25(27(16-24)44-12-9-21(3)42-44)30(34(35,36)37)47-29-17-28(40-32(38)41-29)43-13-10-33(11-14-43)18-26(31(45)46)39-19-33/h4-9,12,15-17,20,26,30,39H,10-11,13-14,18-19H2,1-3H3,(H,45,46)(H2,38,40,41). The van der Waals surface area contributed by atoms with E-state index in [0.29, 0.717) is 50.4 Å². The summed E-state index contributed by atoms with van der Waals surface area (Å²) in [6, 6.07) is 15.2. The molecule has 2 atom stereocenters. The topological polar surface area (TPSA) is 131 Å². The molecule has 1 spiro atoms. The van der Waals surface area contributed by atoms with Gasteiger partial charge in [0.25, 0.3) is 0 Å². The van der Waals surface area contributed by atoms with Gasteiger partial charge in [-0.15, -0.1) is 0 Å². The highest BCUT2D eigenvalue weighted by Crippen LogP contribution is 2.43. The van der Waals surface area contributed by atoms with Gasteiger partial charge in [-0.05, 0) is 66.3 Å². The van der Waals surface area contributed by atoms with Crippen LogP contribution in [0.4, 0.5) is 24.9 Å². The number of alkyl halides is 3. The van der Waals surface area contributed by atoms with Crippen LogP contribution in [0.15, 0.2) is 60.8 Å². The molecule has 0 bridgehead atoms. The molecule has 2 unspecified atom stereocenters. The van der Waals surface area contributed by atoms with Crippen LogP contribution in [0.5, 0.6) is 5.88 Å². The molecule has 0 aliphatic carbocycles. The number of aromatic nitrogens is 4. The summed E-state index contributed by atoms with van der Waals surface area (Å²) in [6.45, 7) is 7.62. The van der Waals surface area contributed by atoms with E-state index in [1.165, 1.54) is 16.8 Å². The first-order chi connectivity index (χ1) is 22.3. The Labute approximate surface area is 270 Å². The second-order valence-corrected chi connectivity index (χ2v) is 12.9. The second kappa shape index (κ2) is 12.5. The summed E-state index contributed by atoms with van der Waals surface area (Å²) in [4.78, 5) is 21.7. The van der Waals surface area contributed by atoms with Gasteiger partial charge in [-0.25, -0.2) is 4.68 Å². The van der Waals surface area contributed by atoms with Gasteiger partial charge in [-0.2, -0.15) is 28.2 Å². The highest BCUT2D eigenvalue weighted by Gasteiger charge is 2.46. The van der Waals surface area contributed by atoms with E-state index in [0.717, 1.165) is 16.7 Å². The molecule has 13 heteroatoms. The molecule has 4 aromatic rings. The summed E-state index contributed by atoms with van der Waals surface area (Å²) in [5.41, 5.74) is 9.32. The predicted octanol–water partition coefficient (Wildman–Crippen LogP) is 6.06. The summed E-state index contributed by atoms with van der Waals surface area (Å²) in [5.74, 6) is -0.747. The quantitative estimate of drug-likeness (QED) is 0.209. The van der Waals surface area contributed by atoms with Gasteiger partial charge in [0.15, 0.2) is 0 Å². The molecule has 4 N–H and O–H groups in total. The number of nitrogens with one attached hydrogen (secondary N) is 1. The van der Waals surface area contributed by atoms with E-state index in [4.69, 9.17) is 10.5 Å². The van der Waals surface area contributed by atoms with Crippen molar-refractivity contribution in [3.05, 3.63) is 77.6 Å². The number of hydrogen-bond acceptors (Lipinski definition) is 8. The van der Waals surface area contributed by atoms with Gasteiger partial charge in [-0.3, -0.25) is 4.79 Å². The third-order valence-corrected chi connectivity index (χ3v) is 9.22. The SMILES string of the molecule is Cc1ccn(-c2cc(-c3cccc(C(C)C)c3)ccc2C(Oc2cc(N3CCC4(CC3)CNC(C(=O)O)C4)nc(N)n2)C(F)(F)F)n1. The van der Waals surface area contributed by atoms with Crippen LogP contribution in [0.25, 0.3) is 16.8 Å². The molecule has 248 valence electrons. The third-order valence-electron chi connectivity index (χ3n) is 9.22. The van der Waals surface area contributed by atoms with Crippen molar-refractivity contribution < 1.29 is 27.8 Å². The number of benzene rings is 2. The number of nitrogens with two attached hydrogens (primary N) is 1. The average Bonchev–Trinajstić information content (AvgIpc) is 3.66. The number of nitrogens with zero attached hydrogens (tertiary/aromatic N) is 5. The van der Waals surface area contributed by atoms with Crippen molar-refractivity contribution in [1.82, 2.24) is 25.1 Å². The minimum atomic E-state index is -4.82. The first-order valence-corrected chi connectivity index (χ1v) is 15.7. The van der Waals surface area contributed by atoms with Crippen molar-refractivity contribution in [3.8, 4) is 22.7 Å². The minimum absolute atomic E-state index is 0.135. The molecule has 2 aromatic heterocycles. The number of hydrogen-bond donors (Lipinski definition) is 3. The van der Waals surface area contributed by atoms with Gasteiger partial charge < -0.3 is 25.8 Å².